The molecular formula is C20H26FeSi. The van der Waals surface area contributed by atoms with Crippen molar-refractivity contribution in [1.82, 2.24) is 0 Å². The van der Waals surface area contributed by atoms with E-state index in [1.54, 1.807) is 0 Å². The van der Waals surface area contributed by atoms with E-state index >= 15 is 0 Å². The van der Waals surface area contributed by atoms with Gasteiger partial charge in [-0.1, -0.05) is 24.5 Å². The molecular weight excluding hydrogens is 324 g/mol. The third-order valence-corrected chi connectivity index (χ3v) is 62.0. The molecule has 0 nitrogen and oxygen atoms in total. The second-order valence-electron chi connectivity index (χ2n) is 12.5. The van der Waals surface area contributed by atoms with Crippen molar-refractivity contribution in [2.75, 3.05) is 0 Å². The van der Waals surface area contributed by atoms with E-state index in [0.717, 1.165) is 8.63 Å². The van der Waals surface area contributed by atoms with Gasteiger partial charge in [-0.2, -0.15) is 0 Å². The average Bonchev–Trinajstić information content (AvgIpc) is 3.48. The molecule has 10 saturated heterocycles. The van der Waals surface area contributed by atoms with Gasteiger partial charge in [0.2, 0.25) is 0 Å². The molecule has 2 heteroatoms. The van der Waals surface area contributed by atoms with Gasteiger partial charge in [-0.3, -0.25) is 0 Å². The van der Waals surface area contributed by atoms with Crippen LogP contribution in [-0.2, 0) is 6.51 Å². The predicted molar refractivity (Wildman–Crippen MR) is 93.7 cm³/mol. The minimum Gasteiger partial charge on any atom is -0.107 e. The Bertz CT molecular complexity index is 1090. The Balaban J connectivity index is 0.000000115. The van der Waals surface area contributed by atoms with Crippen molar-refractivity contribution < 1.29 is 6.51 Å². The van der Waals surface area contributed by atoms with Crippen LogP contribution in [-0.4, -0.2) is 8.07 Å². The fraction of sp³-hybridized carbons (Fsp3) is 0.600. The molecule has 0 aromatic carbocycles. The number of allylic oxidation sites excluding steroid dienone is 2. The zero-order valence-corrected chi connectivity index (χ0v) is 15.7. The first-order chi connectivity index (χ1) is 10.2. The molecule has 10 aliphatic rings. The molecule has 0 aromatic heterocycles. The van der Waals surface area contributed by atoms with Gasteiger partial charge in [-0.15, -0.1) is 13.2 Å². The van der Waals surface area contributed by atoms with E-state index in [4.69, 9.17) is 0 Å². The first-order valence-electron chi connectivity index (χ1n) is 8.93. The fourth-order valence-electron chi connectivity index (χ4n) is 18.1. The molecule has 0 N–H and O–H groups in total. The van der Waals surface area contributed by atoms with Gasteiger partial charge in [0.05, 0.1) is 8.07 Å². The van der Waals surface area contributed by atoms with E-state index in [1.165, 1.54) is 38.5 Å². The third kappa shape index (κ3) is 0.122. The summed E-state index contributed by atoms with van der Waals surface area (Å²) in [6, 6.07) is 0. The minimum atomic E-state index is -2.96. The van der Waals surface area contributed by atoms with Crippen LogP contribution in [0.2, 0.25) is 60.3 Å². The summed E-state index contributed by atoms with van der Waals surface area (Å²) in [5.74, 6) is 0. The Hall–Kier alpha value is -0.304. The summed E-state index contributed by atoms with van der Waals surface area (Å²) in [5.41, 5.74) is 4.03. The van der Waals surface area contributed by atoms with Crippen LogP contribution in [0.25, 0.3) is 0 Å². The van der Waals surface area contributed by atoms with Gasteiger partial charge in [0, 0.05) is 0 Å². The van der Waals surface area contributed by atoms with Gasteiger partial charge in [-0.05, 0) is 0 Å². The number of hydrogen-bond donors (Lipinski definition) is 0. The van der Waals surface area contributed by atoms with E-state index in [1.807, 2.05) is 11.4 Å². The molecule has 10 rings (SSSR count). The summed E-state index contributed by atoms with van der Waals surface area (Å²) in [6.45, 7) is 17.5. The van der Waals surface area contributed by atoms with Crippen LogP contribution in [0.15, 0.2) is 49.9 Å². The van der Waals surface area contributed by atoms with Crippen molar-refractivity contribution in [2.45, 2.75) is 60.3 Å². The standard InChI is InChI=1S/2C7H7.C6H12Si.Fe/c2*1-2-7-5-3-4-6-7;1-5-7(3,4)6-2;/h2*2-6H,1H2;5-6H,1-2H2,3-4H3;. The van der Waals surface area contributed by atoms with Crippen molar-refractivity contribution in [3.05, 3.63) is 49.9 Å². The second kappa shape index (κ2) is 0.976. The molecule has 10 heterocycles. The zero-order valence-electron chi connectivity index (χ0n) is 13.6. The molecule has 0 radical (unpaired) electrons. The smallest absolute Gasteiger partial charge is 0.0942 e. The molecule has 22 heavy (non-hydrogen) atoms. The van der Waals surface area contributed by atoms with E-state index in [0.29, 0.717) is 0 Å². The Morgan fingerprint density at radius 1 is 0.727 bits per heavy atom. The van der Waals surface area contributed by atoms with Crippen molar-refractivity contribution in [3.8, 4) is 0 Å². The maximum absolute atomic E-state index is 4.32. The Kier molecular flexibility index (Phi) is 0.468. The largest absolute Gasteiger partial charge is 0.107 e. The summed E-state index contributed by atoms with van der Waals surface area (Å²) in [7, 11) is -1.12. The maximum atomic E-state index is 4.32. The zero-order chi connectivity index (χ0) is 15.3. The van der Waals surface area contributed by atoms with Crippen LogP contribution in [0, 0.1) is 0 Å². The van der Waals surface area contributed by atoms with Crippen molar-refractivity contribution in [1.29, 1.82) is 0 Å². The van der Waals surface area contributed by atoms with Crippen molar-refractivity contribution in [3.63, 3.8) is 0 Å². The first-order valence-corrected chi connectivity index (χ1v) is 18.3. The summed E-state index contributed by atoms with van der Waals surface area (Å²) in [4.78, 5) is 10.9. The molecule has 8 unspecified atom stereocenters. The topological polar surface area (TPSA) is 0 Å². The fourth-order valence-corrected chi connectivity index (χ4v) is 94.0. The van der Waals surface area contributed by atoms with Crippen molar-refractivity contribution >= 4 is 8.07 Å². The molecule has 118 valence electrons. The molecule has 0 aromatic rings. The quantitative estimate of drug-likeness (QED) is 0.394. The maximum Gasteiger partial charge on any atom is 0.0942 e. The van der Waals surface area contributed by atoms with Crippen LogP contribution < -0.4 is 0 Å². The monoisotopic (exact) mass is 350 g/mol. The average molecular weight is 350 g/mol. The van der Waals surface area contributed by atoms with E-state index in [-0.39, 0.29) is 0 Å². The van der Waals surface area contributed by atoms with Crippen LogP contribution in [0.4, 0.5) is 0 Å². The summed E-state index contributed by atoms with van der Waals surface area (Å²) in [5, 5.41) is 0. The SMILES string of the molecule is C=C[C]12[CH]3[CH]4[CH]5[CH]1[Fe]45321678[CH]2[CH]1[CH]6[C]7(C=C)[CH]28.C=C[Si](C)(C)C=C. The van der Waals surface area contributed by atoms with Crippen LogP contribution in [0.1, 0.15) is 0 Å². The van der Waals surface area contributed by atoms with Gasteiger partial charge >= 0.3 is 79.0 Å². The normalized spacial score (nSPS) is 97.4. The number of hydrogen-bond acceptors (Lipinski definition) is 0. The van der Waals surface area contributed by atoms with Gasteiger partial charge in [0.15, 0.2) is 0 Å². The molecule has 10 aliphatic heterocycles. The van der Waals surface area contributed by atoms with E-state index < -0.39 is 14.6 Å². The Morgan fingerprint density at radius 2 is 1.05 bits per heavy atom. The second-order valence-corrected chi connectivity index (χ2v) is 40.3. The van der Waals surface area contributed by atoms with Crippen LogP contribution in [0.3, 0.4) is 0 Å². The van der Waals surface area contributed by atoms with Gasteiger partial charge in [-0.25, -0.2) is 0 Å². The van der Waals surface area contributed by atoms with E-state index in [2.05, 4.69) is 51.6 Å². The van der Waals surface area contributed by atoms with Crippen LogP contribution in [0.5, 0.6) is 0 Å². The number of fused-ring (bicyclic) bond motifs is 10. The van der Waals surface area contributed by atoms with Crippen LogP contribution >= 0.6 is 0 Å². The minimum absolute atomic E-state index is 0.891. The third-order valence-electron chi connectivity index (χ3n) is 16.7. The molecule has 10 fully saturated rings. The predicted octanol–water partition coefficient (Wildman–Crippen LogP) is 6.63. The molecule has 0 amide bonds. The number of rotatable bonds is 4. The summed E-state index contributed by atoms with van der Waals surface area (Å²) < 4.78 is 1.78. The van der Waals surface area contributed by atoms with Crippen molar-refractivity contribution in [2.24, 2.45) is 0 Å². The van der Waals surface area contributed by atoms with E-state index in [9.17, 15) is 0 Å². The molecule has 8 atom stereocenters. The summed E-state index contributed by atoms with van der Waals surface area (Å²) >= 11 is 0. The van der Waals surface area contributed by atoms with Gasteiger partial charge in [0.25, 0.3) is 0 Å². The Labute approximate surface area is 124 Å². The molecule has 0 saturated carbocycles. The first kappa shape index (κ1) is 10.5. The van der Waals surface area contributed by atoms with Gasteiger partial charge in [0.1, 0.15) is 0 Å². The molecule has 0 aliphatic carbocycles. The Morgan fingerprint density at radius 3 is 1.14 bits per heavy atom. The summed E-state index contributed by atoms with van der Waals surface area (Å²) in [6.07, 6.45) is 5.09. The van der Waals surface area contributed by atoms with Gasteiger partial charge < -0.3 is 0 Å². The molecule has 1 spiro atoms. The molecule has 0 bridgehead atoms.